The molecule has 0 atom stereocenters. The molecule has 2 rings (SSSR count). The molecule has 0 bridgehead atoms. The molecule has 1 saturated carbocycles. The monoisotopic (exact) mass is 185 g/mol. The fourth-order valence-electron chi connectivity index (χ4n) is 2.39. The second kappa shape index (κ2) is 2.94. The fraction of sp³-hybridized carbons (Fsp3) is 1.00. The standard InChI is InChI=1S/C10H19NO2/c1-9(7-12,8-13)11-5-10(6-11)3-2-4-10/h12-13H,2-8H2,1H3. The van der Waals surface area contributed by atoms with Gasteiger partial charge in [-0.2, -0.15) is 0 Å². The van der Waals surface area contributed by atoms with Crippen LogP contribution in [0.25, 0.3) is 0 Å². The molecule has 1 spiro atoms. The van der Waals surface area contributed by atoms with Crippen LogP contribution in [0.4, 0.5) is 0 Å². The van der Waals surface area contributed by atoms with E-state index in [9.17, 15) is 10.2 Å². The molecular formula is C10H19NO2. The molecule has 0 amide bonds. The summed E-state index contributed by atoms with van der Waals surface area (Å²) in [7, 11) is 0. The number of hydrogen-bond acceptors (Lipinski definition) is 3. The number of aliphatic hydroxyl groups is 2. The maximum atomic E-state index is 9.18. The molecule has 76 valence electrons. The highest BCUT2D eigenvalue weighted by molar-refractivity contribution is 5.05. The molecule has 3 heteroatoms. The van der Waals surface area contributed by atoms with E-state index in [1.807, 2.05) is 6.92 Å². The van der Waals surface area contributed by atoms with Gasteiger partial charge in [0.15, 0.2) is 0 Å². The van der Waals surface area contributed by atoms with Crippen LogP contribution >= 0.6 is 0 Å². The number of rotatable bonds is 3. The zero-order valence-corrected chi connectivity index (χ0v) is 8.29. The van der Waals surface area contributed by atoms with Crippen molar-refractivity contribution in [3.63, 3.8) is 0 Å². The van der Waals surface area contributed by atoms with Gasteiger partial charge in [-0.25, -0.2) is 0 Å². The maximum Gasteiger partial charge on any atom is 0.0644 e. The van der Waals surface area contributed by atoms with E-state index >= 15 is 0 Å². The molecule has 1 aliphatic carbocycles. The van der Waals surface area contributed by atoms with Gasteiger partial charge in [0.2, 0.25) is 0 Å². The first-order chi connectivity index (χ1) is 6.14. The molecule has 0 radical (unpaired) electrons. The van der Waals surface area contributed by atoms with Crippen LogP contribution in [-0.4, -0.2) is 47.0 Å². The van der Waals surface area contributed by atoms with Gasteiger partial charge < -0.3 is 10.2 Å². The first-order valence-electron chi connectivity index (χ1n) is 5.11. The predicted octanol–water partition coefficient (Wildman–Crippen LogP) is 0.216. The Balaban J connectivity index is 1.90. The minimum atomic E-state index is -0.388. The molecule has 3 nitrogen and oxygen atoms in total. The van der Waals surface area contributed by atoms with E-state index in [1.165, 1.54) is 19.3 Å². The van der Waals surface area contributed by atoms with Crippen molar-refractivity contribution in [2.24, 2.45) is 5.41 Å². The van der Waals surface area contributed by atoms with Gasteiger partial charge in [0.1, 0.15) is 0 Å². The lowest BCUT2D eigenvalue weighted by Gasteiger charge is -2.60. The van der Waals surface area contributed by atoms with Crippen LogP contribution < -0.4 is 0 Å². The van der Waals surface area contributed by atoms with Gasteiger partial charge in [-0.3, -0.25) is 4.90 Å². The molecule has 2 aliphatic rings. The van der Waals surface area contributed by atoms with Crippen LogP contribution in [0.5, 0.6) is 0 Å². The highest BCUT2D eigenvalue weighted by atomic mass is 16.3. The Labute approximate surface area is 79.4 Å². The Kier molecular flexibility index (Phi) is 2.13. The molecule has 1 heterocycles. The van der Waals surface area contributed by atoms with Crippen molar-refractivity contribution in [3.8, 4) is 0 Å². The third-order valence-corrected chi connectivity index (χ3v) is 3.91. The van der Waals surface area contributed by atoms with E-state index in [0.29, 0.717) is 5.41 Å². The Morgan fingerprint density at radius 3 is 2.08 bits per heavy atom. The molecule has 2 fully saturated rings. The lowest BCUT2D eigenvalue weighted by Crippen LogP contribution is -2.68. The van der Waals surface area contributed by atoms with Crippen LogP contribution in [0.1, 0.15) is 26.2 Å². The maximum absolute atomic E-state index is 9.18. The summed E-state index contributed by atoms with van der Waals surface area (Å²) in [4.78, 5) is 2.21. The van der Waals surface area contributed by atoms with Crippen molar-refractivity contribution >= 4 is 0 Å². The average Bonchev–Trinajstić information content (AvgIpc) is 1.99. The summed E-state index contributed by atoms with van der Waals surface area (Å²) in [5.74, 6) is 0. The summed E-state index contributed by atoms with van der Waals surface area (Å²) in [6.07, 6.45) is 4.05. The first kappa shape index (κ1) is 9.44. The van der Waals surface area contributed by atoms with Crippen LogP contribution in [0.15, 0.2) is 0 Å². The van der Waals surface area contributed by atoms with Crippen LogP contribution in [0, 0.1) is 5.41 Å². The molecule has 1 saturated heterocycles. The number of aliphatic hydroxyl groups excluding tert-OH is 2. The van der Waals surface area contributed by atoms with E-state index in [4.69, 9.17) is 0 Å². The molecular weight excluding hydrogens is 166 g/mol. The Bertz CT molecular complexity index is 189. The van der Waals surface area contributed by atoms with E-state index in [1.54, 1.807) is 0 Å². The Morgan fingerprint density at radius 1 is 1.23 bits per heavy atom. The van der Waals surface area contributed by atoms with E-state index in [0.717, 1.165) is 13.1 Å². The predicted molar refractivity (Wildman–Crippen MR) is 50.4 cm³/mol. The van der Waals surface area contributed by atoms with Crippen molar-refractivity contribution in [2.75, 3.05) is 26.3 Å². The molecule has 1 aliphatic heterocycles. The van der Waals surface area contributed by atoms with Gasteiger partial charge in [0.05, 0.1) is 18.8 Å². The minimum absolute atomic E-state index is 0.0551. The van der Waals surface area contributed by atoms with Crippen molar-refractivity contribution in [1.82, 2.24) is 4.90 Å². The van der Waals surface area contributed by atoms with Crippen LogP contribution in [0.2, 0.25) is 0 Å². The fourth-order valence-corrected chi connectivity index (χ4v) is 2.39. The Morgan fingerprint density at radius 2 is 1.77 bits per heavy atom. The van der Waals surface area contributed by atoms with E-state index in [-0.39, 0.29) is 18.8 Å². The Hall–Kier alpha value is -0.120. The molecule has 13 heavy (non-hydrogen) atoms. The van der Waals surface area contributed by atoms with Gasteiger partial charge >= 0.3 is 0 Å². The quantitative estimate of drug-likeness (QED) is 0.661. The van der Waals surface area contributed by atoms with Gasteiger partial charge in [-0.15, -0.1) is 0 Å². The summed E-state index contributed by atoms with van der Waals surface area (Å²) >= 11 is 0. The smallest absolute Gasteiger partial charge is 0.0644 e. The highest BCUT2D eigenvalue weighted by Crippen LogP contribution is 2.50. The molecule has 0 aromatic heterocycles. The van der Waals surface area contributed by atoms with E-state index < -0.39 is 0 Å². The summed E-state index contributed by atoms with van der Waals surface area (Å²) in [5.41, 5.74) is 0.187. The first-order valence-corrected chi connectivity index (χ1v) is 5.11. The molecule has 0 aromatic rings. The number of hydrogen-bond donors (Lipinski definition) is 2. The van der Waals surface area contributed by atoms with E-state index in [2.05, 4.69) is 4.90 Å². The summed E-state index contributed by atoms with van der Waals surface area (Å²) in [5, 5.41) is 18.4. The lowest BCUT2D eigenvalue weighted by atomic mass is 9.62. The van der Waals surface area contributed by atoms with Crippen molar-refractivity contribution < 1.29 is 10.2 Å². The summed E-state index contributed by atoms with van der Waals surface area (Å²) < 4.78 is 0. The van der Waals surface area contributed by atoms with Gasteiger partial charge in [0, 0.05) is 13.1 Å². The van der Waals surface area contributed by atoms with Crippen LogP contribution in [0.3, 0.4) is 0 Å². The second-order valence-corrected chi connectivity index (χ2v) is 5.02. The van der Waals surface area contributed by atoms with Gasteiger partial charge in [-0.1, -0.05) is 6.42 Å². The largest absolute Gasteiger partial charge is 0.394 e. The van der Waals surface area contributed by atoms with Gasteiger partial charge in [0.25, 0.3) is 0 Å². The third kappa shape index (κ3) is 1.30. The molecule has 0 aromatic carbocycles. The van der Waals surface area contributed by atoms with Crippen molar-refractivity contribution in [1.29, 1.82) is 0 Å². The minimum Gasteiger partial charge on any atom is -0.394 e. The topological polar surface area (TPSA) is 43.7 Å². The zero-order chi connectivity index (χ0) is 9.53. The zero-order valence-electron chi connectivity index (χ0n) is 8.29. The van der Waals surface area contributed by atoms with Crippen LogP contribution in [-0.2, 0) is 0 Å². The third-order valence-electron chi connectivity index (χ3n) is 3.91. The lowest BCUT2D eigenvalue weighted by molar-refractivity contribution is -0.139. The normalized spacial score (nSPS) is 27.0. The summed E-state index contributed by atoms with van der Waals surface area (Å²) in [6.45, 7) is 4.19. The van der Waals surface area contributed by atoms with Crippen molar-refractivity contribution in [2.45, 2.75) is 31.7 Å². The second-order valence-electron chi connectivity index (χ2n) is 5.02. The highest BCUT2D eigenvalue weighted by Gasteiger charge is 2.52. The average molecular weight is 185 g/mol. The number of nitrogens with zero attached hydrogens (tertiary/aromatic N) is 1. The van der Waals surface area contributed by atoms with Gasteiger partial charge in [-0.05, 0) is 25.2 Å². The summed E-state index contributed by atoms with van der Waals surface area (Å²) in [6, 6.07) is 0. The SMILES string of the molecule is CC(CO)(CO)N1CC2(CCC2)C1. The molecule has 0 unspecified atom stereocenters. The van der Waals surface area contributed by atoms with Crippen molar-refractivity contribution in [3.05, 3.63) is 0 Å². The molecule has 2 N–H and O–H groups in total. The number of likely N-dealkylation sites (tertiary alicyclic amines) is 1.